The summed E-state index contributed by atoms with van der Waals surface area (Å²) >= 11 is 0. The molecule has 0 unspecified atom stereocenters. The van der Waals surface area contributed by atoms with Gasteiger partial charge in [-0.05, 0) is 57.8 Å². The molecule has 1 aromatic heterocycles. The molecule has 3 rings (SSSR count). The minimum absolute atomic E-state index is 0.0907. The Bertz CT molecular complexity index is 1430. The van der Waals surface area contributed by atoms with Crippen LogP contribution in [0.1, 0.15) is 38.3 Å². The number of likely N-dealkylation sites (N-methyl/N-ethyl adjacent to an activating group) is 1. The van der Waals surface area contributed by atoms with Crippen molar-refractivity contribution in [3.63, 3.8) is 0 Å². The van der Waals surface area contributed by atoms with Gasteiger partial charge < -0.3 is 25.4 Å². The van der Waals surface area contributed by atoms with Gasteiger partial charge in [-0.2, -0.15) is 18.3 Å². The van der Waals surface area contributed by atoms with Gasteiger partial charge in [0.1, 0.15) is 5.75 Å². The van der Waals surface area contributed by atoms with Crippen LogP contribution < -0.4 is 26.2 Å². The summed E-state index contributed by atoms with van der Waals surface area (Å²) in [6.07, 6.45) is -1.31. The number of hydrogen-bond acceptors (Lipinski definition) is 8. The first-order chi connectivity index (χ1) is 19.8. The van der Waals surface area contributed by atoms with E-state index in [1.807, 2.05) is 39.9 Å². The number of rotatable bonds is 12. The average Bonchev–Trinajstić information content (AvgIpc) is 3.26. The summed E-state index contributed by atoms with van der Waals surface area (Å²) in [7, 11) is 8.57. The Balaban J connectivity index is 1.95. The number of alkyl halides is 3. The van der Waals surface area contributed by atoms with Gasteiger partial charge in [-0.1, -0.05) is 6.07 Å². The van der Waals surface area contributed by atoms with Gasteiger partial charge in [-0.3, -0.25) is 14.5 Å². The second-order valence-electron chi connectivity index (χ2n) is 9.97. The van der Waals surface area contributed by atoms with Crippen LogP contribution in [0, 0.1) is 13.8 Å². The van der Waals surface area contributed by atoms with Crippen LogP contribution in [-0.2, 0) is 24.6 Å². The van der Waals surface area contributed by atoms with Gasteiger partial charge in [-0.15, -0.1) is 0 Å². The minimum Gasteiger partial charge on any atom is -0.494 e. The first-order valence-electron chi connectivity index (χ1n) is 13.1. The fraction of sp³-hybridized carbons (Fsp3) is 0.379. The third kappa shape index (κ3) is 7.81. The first kappa shape index (κ1) is 32.4. The number of hydrogen-bond donors (Lipinski definition) is 3. The summed E-state index contributed by atoms with van der Waals surface area (Å²) in [6, 6.07) is 6.77. The Hall–Kier alpha value is -4.07. The van der Waals surface area contributed by atoms with Crippen molar-refractivity contribution in [3.8, 4) is 5.75 Å². The van der Waals surface area contributed by atoms with E-state index < -0.39 is 17.6 Å². The molecule has 0 saturated heterocycles. The van der Waals surface area contributed by atoms with E-state index in [0.717, 1.165) is 29.0 Å². The fourth-order valence-corrected chi connectivity index (χ4v) is 4.17. The van der Waals surface area contributed by atoms with Crippen molar-refractivity contribution < 1.29 is 27.4 Å². The van der Waals surface area contributed by atoms with Gasteiger partial charge in [0, 0.05) is 49.2 Å². The topological polar surface area (TPSA) is 110 Å². The number of hydrazine groups is 1. The van der Waals surface area contributed by atoms with Gasteiger partial charge in [0.25, 0.3) is 5.91 Å². The van der Waals surface area contributed by atoms with Crippen LogP contribution in [0.4, 0.5) is 24.5 Å². The number of carbonyl (C=O) groups is 1. The van der Waals surface area contributed by atoms with Crippen LogP contribution in [0.2, 0.25) is 0 Å². The van der Waals surface area contributed by atoms with Crippen molar-refractivity contribution in [2.45, 2.75) is 26.6 Å². The summed E-state index contributed by atoms with van der Waals surface area (Å²) in [4.78, 5) is 15.3. The molecular weight excluding hydrogens is 551 g/mol. The van der Waals surface area contributed by atoms with Crippen LogP contribution >= 0.6 is 0 Å². The fourth-order valence-electron chi connectivity index (χ4n) is 4.17. The van der Waals surface area contributed by atoms with Crippen molar-refractivity contribution in [1.29, 1.82) is 0 Å². The molecule has 1 amide bonds. The highest BCUT2D eigenvalue weighted by molar-refractivity contribution is 6.06. The number of benzene rings is 2. The maximum absolute atomic E-state index is 13.8. The molecule has 2 aromatic carbocycles. The van der Waals surface area contributed by atoms with E-state index in [0.29, 0.717) is 24.5 Å². The third-order valence-electron chi connectivity index (χ3n) is 6.67. The van der Waals surface area contributed by atoms with Gasteiger partial charge in [-0.25, -0.2) is 5.43 Å². The second kappa shape index (κ2) is 13.7. The molecule has 0 aliphatic heterocycles. The van der Waals surface area contributed by atoms with Crippen molar-refractivity contribution in [2.24, 2.45) is 12.8 Å². The van der Waals surface area contributed by atoms with Gasteiger partial charge in [0.05, 0.1) is 49.2 Å². The zero-order chi connectivity index (χ0) is 31.2. The Morgan fingerprint density at radius 1 is 1.19 bits per heavy atom. The first-order valence-corrected chi connectivity index (χ1v) is 13.1. The highest BCUT2D eigenvalue weighted by atomic mass is 19.4. The van der Waals surface area contributed by atoms with Crippen molar-refractivity contribution >= 4 is 23.0 Å². The molecule has 0 atom stereocenters. The van der Waals surface area contributed by atoms with Gasteiger partial charge >= 0.3 is 6.18 Å². The maximum atomic E-state index is 13.8. The number of nitrogens with one attached hydrogen (secondary N) is 2. The number of halogens is 3. The number of methoxy groups -OCH3 is 1. The molecular formula is C29H38F3N7O3. The van der Waals surface area contributed by atoms with E-state index in [1.165, 1.54) is 7.11 Å². The van der Waals surface area contributed by atoms with E-state index in [-0.39, 0.29) is 29.2 Å². The van der Waals surface area contributed by atoms with Crippen LogP contribution in [0.15, 0.2) is 42.7 Å². The van der Waals surface area contributed by atoms with Crippen molar-refractivity contribution in [2.75, 3.05) is 51.7 Å². The third-order valence-corrected chi connectivity index (χ3v) is 6.67. The zero-order valence-electron chi connectivity index (χ0n) is 24.9. The van der Waals surface area contributed by atoms with E-state index in [4.69, 9.17) is 15.2 Å². The van der Waals surface area contributed by atoms with E-state index in [2.05, 4.69) is 15.8 Å². The Morgan fingerprint density at radius 2 is 1.90 bits per heavy atom. The smallest absolute Gasteiger partial charge is 0.416 e. The standard InChI is InChI=1S/C29H38F3N7O3/c1-18-8-9-20(13-26(18)39(34-3)16-24(33)23-15-35-38(6)19(23)2)28(40)36-25-14-22(29(30,31)32)12-21(27(25)41-7)17-42-11-10-37(4)5/h8-9,12-16,34H,10-11,17,33H2,1-7H3,(H,36,40)/b24-16-. The number of nitrogens with two attached hydrogens (primary N) is 1. The second-order valence-corrected chi connectivity index (χ2v) is 9.97. The van der Waals surface area contributed by atoms with Crippen LogP contribution in [0.5, 0.6) is 5.75 Å². The summed E-state index contributed by atoms with van der Waals surface area (Å²) in [5.74, 6) is -0.530. The normalized spacial score (nSPS) is 12.1. The highest BCUT2D eigenvalue weighted by Gasteiger charge is 2.33. The van der Waals surface area contributed by atoms with E-state index in [9.17, 15) is 18.0 Å². The summed E-state index contributed by atoms with van der Waals surface area (Å²) in [5.41, 5.74) is 12.2. The molecule has 42 heavy (non-hydrogen) atoms. The zero-order valence-corrected chi connectivity index (χ0v) is 24.9. The van der Waals surface area contributed by atoms with Crippen molar-refractivity contribution in [1.82, 2.24) is 20.1 Å². The largest absolute Gasteiger partial charge is 0.494 e. The number of anilines is 2. The SMILES string of the molecule is CNN(/C=C(\N)c1cnn(C)c1C)c1cc(C(=O)Nc2cc(C(F)(F)F)cc(COCCN(C)C)c2OC)ccc1C. The summed E-state index contributed by atoms with van der Waals surface area (Å²) in [6.45, 7) is 4.53. The number of ether oxygens (including phenoxy) is 2. The molecule has 1 heterocycles. The molecule has 0 spiro atoms. The Kier molecular flexibility index (Phi) is 10.6. The molecule has 3 aromatic rings. The van der Waals surface area contributed by atoms with Gasteiger partial charge in [0.15, 0.2) is 0 Å². The predicted octanol–water partition coefficient (Wildman–Crippen LogP) is 4.29. The molecule has 0 saturated carbocycles. The van der Waals surface area contributed by atoms with E-state index in [1.54, 1.807) is 47.3 Å². The van der Waals surface area contributed by atoms with Crippen LogP contribution in [0.25, 0.3) is 5.70 Å². The molecule has 0 radical (unpaired) electrons. The maximum Gasteiger partial charge on any atom is 0.416 e. The number of nitrogens with zero attached hydrogens (tertiary/aromatic N) is 4. The molecule has 228 valence electrons. The molecule has 13 heteroatoms. The minimum atomic E-state index is -4.65. The quantitative estimate of drug-likeness (QED) is 0.212. The molecule has 0 fully saturated rings. The van der Waals surface area contributed by atoms with Crippen molar-refractivity contribution in [3.05, 3.63) is 76.2 Å². The molecule has 0 bridgehead atoms. The monoisotopic (exact) mass is 589 g/mol. The van der Waals surface area contributed by atoms with Crippen LogP contribution in [0.3, 0.4) is 0 Å². The number of carbonyl (C=O) groups excluding carboxylic acids is 1. The molecule has 0 aliphatic carbocycles. The van der Waals surface area contributed by atoms with E-state index >= 15 is 0 Å². The Labute approximate surface area is 243 Å². The molecule has 0 aliphatic rings. The lowest BCUT2D eigenvalue weighted by Crippen LogP contribution is -2.31. The lowest BCUT2D eigenvalue weighted by molar-refractivity contribution is -0.137. The predicted molar refractivity (Wildman–Crippen MR) is 157 cm³/mol. The number of aryl methyl sites for hydroxylation is 2. The number of aromatic nitrogens is 2. The average molecular weight is 590 g/mol. The lowest BCUT2D eigenvalue weighted by atomic mass is 10.1. The summed E-state index contributed by atoms with van der Waals surface area (Å²) in [5, 5.41) is 8.48. The molecule has 10 nitrogen and oxygen atoms in total. The molecule has 4 N–H and O–H groups in total. The van der Waals surface area contributed by atoms with Crippen LogP contribution in [-0.4, -0.2) is 62.0 Å². The van der Waals surface area contributed by atoms with Gasteiger partial charge in [0.2, 0.25) is 0 Å². The highest BCUT2D eigenvalue weighted by Crippen LogP contribution is 2.38. The summed E-state index contributed by atoms with van der Waals surface area (Å²) < 4.78 is 54.1. The lowest BCUT2D eigenvalue weighted by Gasteiger charge is -2.23. The Morgan fingerprint density at radius 3 is 2.48 bits per heavy atom. The number of amides is 1.